The molecule has 0 atom stereocenters. The van der Waals surface area contributed by atoms with Crippen molar-refractivity contribution in [2.75, 3.05) is 13.2 Å². The Labute approximate surface area is 168 Å². The first-order valence-corrected chi connectivity index (χ1v) is 9.37. The number of aromatic nitrogens is 1. The fraction of sp³-hybridized carbons (Fsp3) is 0.0833. The number of carbonyl (C=O) groups excluding carboxylic acids is 1. The molecule has 4 rings (SSSR count). The predicted octanol–water partition coefficient (Wildman–Crippen LogP) is 4.84. The highest BCUT2D eigenvalue weighted by molar-refractivity contribution is 5.94. The van der Waals surface area contributed by atoms with Crippen LogP contribution in [0, 0.1) is 0 Å². The largest absolute Gasteiger partial charge is 0.489 e. The van der Waals surface area contributed by atoms with Gasteiger partial charge in [-0.2, -0.15) is 0 Å². The highest BCUT2D eigenvalue weighted by Crippen LogP contribution is 2.23. The van der Waals surface area contributed by atoms with Crippen molar-refractivity contribution < 1.29 is 14.3 Å². The first-order valence-electron chi connectivity index (χ1n) is 9.37. The number of rotatable bonds is 7. The van der Waals surface area contributed by atoms with Crippen LogP contribution in [0.3, 0.4) is 0 Å². The van der Waals surface area contributed by atoms with E-state index in [4.69, 9.17) is 9.47 Å². The molecule has 0 aliphatic heterocycles. The van der Waals surface area contributed by atoms with Crippen LogP contribution in [-0.4, -0.2) is 24.0 Å². The minimum Gasteiger partial charge on any atom is -0.489 e. The van der Waals surface area contributed by atoms with Crippen molar-refractivity contribution in [1.82, 2.24) is 10.3 Å². The quantitative estimate of drug-likeness (QED) is 0.463. The summed E-state index contributed by atoms with van der Waals surface area (Å²) in [4.78, 5) is 16.7. The second kappa shape index (κ2) is 8.89. The average Bonchev–Trinajstić information content (AvgIpc) is 2.78. The third-order valence-corrected chi connectivity index (χ3v) is 4.34. The molecule has 0 spiro atoms. The molecule has 0 saturated carbocycles. The maximum absolute atomic E-state index is 12.3. The maximum Gasteiger partial charge on any atom is 0.251 e. The van der Waals surface area contributed by atoms with Crippen LogP contribution < -0.4 is 14.8 Å². The number of hydrogen-bond acceptors (Lipinski definition) is 4. The monoisotopic (exact) mass is 384 g/mol. The molecule has 0 fully saturated rings. The molecule has 0 unspecified atom stereocenters. The van der Waals surface area contributed by atoms with Crippen LogP contribution in [-0.2, 0) is 0 Å². The van der Waals surface area contributed by atoms with Gasteiger partial charge in [-0.3, -0.25) is 9.78 Å². The summed E-state index contributed by atoms with van der Waals surface area (Å²) in [7, 11) is 0. The van der Waals surface area contributed by atoms with E-state index in [1.807, 2.05) is 60.7 Å². The van der Waals surface area contributed by atoms with Crippen LogP contribution >= 0.6 is 0 Å². The molecule has 1 heterocycles. The molecule has 0 bridgehead atoms. The zero-order chi connectivity index (χ0) is 19.9. The van der Waals surface area contributed by atoms with E-state index in [9.17, 15) is 4.79 Å². The van der Waals surface area contributed by atoms with Gasteiger partial charge < -0.3 is 14.8 Å². The molecule has 0 aliphatic carbocycles. The van der Waals surface area contributed by atoms with E-state index in [1.165, 1.54) is 0 Å². The second-order valence-corrected chi connectivity index (χ2v) is 6.38. The molecule has 5 nitrogen and oxygen atoms in total. The summed E-state index contributed by atoms with van der Waals surface area (Å²) >= 11 is 0. The van der Waals surface area contributed by atoms with E-state index in [0.29, 0.717) is 30.2 Å². The van der Waals surface area contributed by atoms with E-state index >= 15 is 0 Å². The van der Waals surface area contributed by atoms with Crippen LogP contribution in [0.1, 0.15) is 10.4 Å². The number of fused-ring (bicyclic) bond motifs is 1. The highest BCUT2D eigenvalue weighted by atomic mass is 16.5. The summed E-state index contributed by atoms with van der Waals surface area (Å²) in [6.45, 7) is 0.751. The lowest BCUT2D eigenvalue weighted by Crippen LogP contribution is -2.28. The molecule has 4 aromatic rings. The van der Waals surface area contributed by atoms with Crippen LogP contribution in [0.15, 0.2) is 91.1 Å². The van der Waals surface area contributed by atoms with Crippen molar-refractivity contribution in [2.45, 2.75) is 0 Å². The first kappa shape index (κ1) is 18.5. The molecular weight excluding hydrogens is 364 g/mol. The molecule has 29 heavy (non-hydrogen) atoms. The molecular formula is C24H20N2O3. The Morgan fingerprint density at radius 2 is 1.59 bits per heavy atom. The van der Waals surface area contributed by atoms with Gasteiger partial charge in [0.2, 0.25) is 0 Å². The third-order valence-electron chi connectivity index (χ3n) is 4.34. The molecule has 0 saturated heterocycles. The summed E-state index contributed by atoms with van der Waals surface area (Å²) < 4.78 is 11.5. The van der Waals surface area contributed by atoms with Gasteiger partial charge >= 0.3 is 0 Å². The highest BCUT2D eigenvalue weighted by Gasteiger charge is 2.07. The number of hydrogen-bond donors (Lipinski definition) is 1. The molecule has 0 radical (unpaired) electrons. The molecule has 5 heteroatoms. The predicted molar refractivity (Wildman–Crippen MR) is 113 cm³/mol. The van der Waals surface area contributed by atoms with E-state index < -0.39 is 0 Å². The second-order valence-electron chi connectivity index (χ2n) is 6.38. The zero-order valence-corrected chi connectivity index (χ0v) is 15.7. The van der Waals surface area contributed by atoms with Crippen molar-refractivity contribution in [2.24, 2.45) is 0 Å². The van der Waals surface area contributed by atoms with Gasteiger partial charge in [-0.25, -0.2) is 0 Å². The fourth-order valence-electron chi connectivity index (χ4n) is 2.92. The van der Waals surface area contributed by atoms with Crippen molar-refractivity contribution >= 4 is 16.8 Å². The lowest BCUT2D eigenvalue weighted by Gasteiger charge is -2.10. The lowest BCUT2D eigenvalue weighted by atomic mass is 10.2. The molecule has 0 aliphatic rings. The smallest absolute Gasteiger partial charge is 0.251 e. The maximum atomic E-state index is 12.3. The molecule has 144 valence electrons. The van der Waals surface area contributed by atoms with Gasteiger partial charge in [-0.15, -0.1) is 0 Å². The summed E-state index contributed by atoms with van der Waals surface area (Å²) in [6, 6.07) is 26.2. The van der Waals surface area contributed by atoms with Gasteiger partial charge in [0.05, 0.1) is 6.54 Å². The number of nitrogens with one attached hydrogen (secondary N) is 1. The van der Waals surface area contributed by atoms with Crippen LogP contribution in [0.25, 0.3) is 10.9 Å². The number of pyridine rings is 1. The lowest BCUT2D eigenvalue weighted by molar-refractivity contribution is 0.0947. The Kier molecular flexibility index (Phi) is 5.67. The van der Waals surface area contributed by atoms with Gasteiger partial charge in [-0.05, 0) is 48.5 Å². The zero-order valence-electron chi connectivity index (χ0n) is 15.7. The summed E-state index contributed by atoms with van der Waals surface area (Å²) in [6.07, 6.45) is 1.74. The van der Waals surface area contributed by atoms with Crippen LogP contribution in [0.5, 0.6) is 17.2 Å². The molecule has 3 aromatic carbocycles. The Morgan fingerprint density at radius 1 is 0.828 bits per heavy atom. The molecule has 1 amide bonds. The fourth-order valence-corrected chi connectivity index (χ4v) is 2.92. The Bertz CT molecular complexity index is 1090. The SMILES string of the molecule is O=C(NCCOc1cccc2cccnc12)c1ccc(Oc2ccccc2)cc1. The number of ether oxygens (including phenoxy) is 2. The Balaban J connectivity index is 1.28. The van der Waals surface area contributed by atoms with E-state index in [1.54, 1.807) is 30.5 Å². The third kappa shape index (κ3) is 4.71. The van der Waals surface area contributed by atoms with E-state index in [2.05, 4.69) is 10.3 Å². The van der Waals surface area contributed by atoms with Gasteiger partial charge in [-0.1, -0.05) is 36.4 Å². The Hall–Kier alpha value is -3.86. The number of benzene rings is 3. The van der Waals surface area contributed by atoms with Gasteiger partial charge in [0.1, 0.15) is 29.4 Å². The molecule has 1 aromatic heterocycles. The molecule has 1 N–H and O–H groups in total. The number of nitrogens with zero attached hydrogens (tertiary/aromatic N) is 1. The minimum atomic E-state index is -0.157. The van der Waals surface area contributed by atoms with Gasteiger partial charge in [0.15, 0.2) is 0 Å². The number of amides is 1. The van der Waals surface area contributed by atoms with Crippen LogP contribution in [0.2, 0.25) is 0 Å². The summed E-state index contributed by atoms with van der Waals surface area (Å²) in [5.74, 6) is 1.99. The van der Waals surface area contributed by atoms with Crippen molar-refractivity contribution in [3.8, 4) is 17.2 Å². The van der Waals surface area contributed by atoms with Gasteiger partial charge in [0, 0.05) is 17.1 Å². The normalized spacial score (nSPS) is 10.5. The average molecular weight is 384 g/mol. The number of para-hydroxylation sites is 2. The Morgan fingerprint density at radius 3 is 2.41 bits per heavy atom. The standard InChI is InChI=1S/C24H20N2O3/c27-24(19-11-13-21(14-12-19)29-20-8-2-1-3-9-20)26-16-17-28-22-10-4-6-18-7-5-15-25-23(18)22/h1-15H,16-17H2,(H,26,27). The summed E-state index contributed by atoms with van der Waals surface area (Å²) in [5, 5.41) is 3.88. The minimum absolute atomic E-state index is 0.157. The van der Waals surface area contributed by atoms with Crippen LogP contribution in [0.4, 0.5) is 0 Å². The topological polar surface area (TPSA) is 60.5 Å². The number of carbonyl (C=O) groups is 1. The van der Waals surface area contributed by atoms with Gasteiger partial charge in [0.25, 0.3) is 5.91 Å². The van der Waals surface area contributed by atoms with Crippen molar-refractivity contribution in [1.29, 1.82) is 0 Å². The van der Waals surface area contributed by atoms with E-state index in [-0.39, 0.29) is 5.91 Å². The van der Waals surface area contributed by atoms with Crippen molar-refractivity contribution in [3.63, 3.8) is 0 Å². The van der Waals surface area contributed by atoms with Crippen molar-refractivity contribution in [3.05, 3.63) is 96.7 Å². The summed E-state index contributed by atoms with van der Waals surface area (Å²) in [5.41, 5.74) is 1.38. The van der Waals surface area contributed by atoms with E-state index in [0.717, 1.165) is 16.7 Å². The first-order chi connectivity index (χ1) is 14.3.